The van der Waals surface area contributed by atoms with Gasteiger partial charge in [-0.25, -0.2) is 4.98 Å². The van der Waals surface area contributed by atoms with Crippen molar-refractivity contribution in [2.75, 3.05) is 23.5 Å². The van der Waals surface area contributed by atoms with Gasteiger partial charge in [0.25, 0.3) is 11.8 Å². The molecule has 5 aromatic rings. The highest BCUT2D eigenvalue weighted by molar-refractivity contribution is 7.98. The third-order valence-electron chi connectivity index (χ3n) is 6.46. The number of nitrogens with one attached hydrogen (secondary N) is 1. The van der Waals surface area contributed by atoms with Crippen molar-refractivity contribution in [3.05, 3.63) is 95.4 Å². The monoisotopic (exact) mass is 569 g/mol. The van der Waals surface area contributed by atoms with Crippen molar-refractivity contribution in [1.29, 1.82) is 0 Å². The Hall–Kier alpha value is -4.41. The van der Waals surface area contributed by atoms with Crippen molar-refractivity contribution in [3.63, 3.8) is 0 Å². The van der Waals surface area contributed by atoms with Crippen LogP contribution in [0.3, 0.4) is 0 Å². The summed E-state index contributed by atoms with van der Waals surface area (Å²) in [4.78, 5) is 46.7. The van der Waals surface area contributed by atoms with Crippen LogP contribution >= 0.6 is 23.1 Å². The van der Waals surface area contributed by atoms with Crippen molar-refractivity contribution >= 4 is 63.5 Å². The van der Waals surface area contributed by atoms with E-state index in [-0.39, 0.29) is 24.8 Å². The summed E-state index contributed by atoms with van der Waals surface area (Å²) in [6.45, 7) is 0.247. The molecular weight excluding hydrogens is 542 g/mol. The minimum absolute atomic E-state index is 0.0810. The first-order valence-electron chi connectivity index (χ1n) is 12.5. The number of primary amides is 1. The van der Waals surface area contributed by atoms with Gasteiger partial charge in [0.15, 0.2) is 0 Å². The van der Waals surface area contributed by atoms with Crippen LogP contribution in [-0.4, -0.2) is 40.6 Å². The highest BCUT2D eigenvalue weighted by atomic mass is 32.2. The Morgan fingerprint density at radius 1 is 1.00 bits per heavy atom. The van der Waals surface area contributed by atoms with Gasteiger partial charge in [-0.2, -0.15) is 0 Å². The van der Waals surface area contributed by atoms with Gasteiger partial charge in [0.2, 0.25) is 11.9 Å². The van der Waals surface area contributed by atoms with Crippen molar-refractivity contribution in [1.82, 2.24) is 9.55 Å². The van der Waals surface area contributed by atoms with E-state index in [1.165, 1.54) is 16.2 Å². The number of benzene rings is 3. The molecule has 3 N–H and O–H groups in total. The molecule has 0 spiro atoms. The average molecular weight is 570 g/mol. The molecule has 0 unspecified atom stereocenters. The Morgan fingerprint density at radius 2 is 1.75 bits per heavy atom. The van der Waals surface area contributed by atoms with E-state index in [1.807, 2.05) is 54.8 Å². The molecule has 40 heavy (non-hydrogen) atoms. The fraction of sp³-hybridized carbons (Fsp3) is 0.133. The highest BCUT2D eigenvalue weighted by Crippen LogP contribution is 2.31. The number of hydrogen-bond donors (Lipinski definition) is 2. The molecule has 8 nitrogen and oxygen atoms in total. The molecule has 0 atom stereocenters. The van der Waals surface area contributed by atoms with Crippen molar-refractivity contribution in [3.8, 4) is 10.4 Å². The SMILES string of the molecule is CSc1ccc(-c2ccc(C(=O)Nc3nc4cc(N(C)C(=O)c5ccccc5)ccc4n3CCC(N)=O)s2)cc1. The molecule has 0 aliphatic rings. The van der Waals surface area contributed by atoms with Crippen LogP contribution in [0.4, 0.5) is 11.6 Å². The maximum atomic E-state index is 13.2. The van der Waals surface area contributed by atoms with Crippen LogP contribution in [0.1, 0.15) is 26.5 Å². The number of thioether (sulfide) groups is 1. The summed E-state index contributed by atoms with van der Waals surface area (Å²) in [6, 6.07) is 26.3. The number of anilines is 2. The molecule has 10 heteroatoms. The molecule has 5 rings (SSSR count). The predicted octanol–water partition coefficient (Wildman–Crippen LogP) is 5.89. The summed E-state index contributed by atoms with van der Waals surface area (Å²) in [5, 5.41) is 2.91. The van der Waals surface area contributed by atoms with Crippen LogP contribution in [0.25, 0.3) is 21.5 Å². The number of imidazole rings is 1. The molecule has 0 aliphatic carbocycles. The fourth-order valence-corrected chi connectivity index (χ4v) is 5.61. The first-order valence-corrected chi connectivity index (χ1v) is 14.6. The maximum absolute atomic E-state index is 13.2. The number of carbonyl (C=O) groups excluding carboxylic acids is 3. The molecule has 202 valence electrons. The zero-order valence-corrected chi connectivity index (χ0v) is 23.6. The molecule has 0 radical (unpaired) electrons. The van der Waals surface area contributed by atoms with Crippen LogP contribution in [-0.2, 0) is 11.3 Å². The lowest BCUT2D eigenvalue weighted by Crippen LogP contribution is -2.26. The zero-order chi connectivity index (χ0) is 28.2. The van der Waals surface area contributed by atoms with Crippen LogP contribution in [0, 0.1) is 0 Å². The number of fused-ring (bicyclic) bond motifs is 1. The van der Waals surface area contributed by atoms with Crippen LogP contribution in [0.2, 0.25) is 0 Å². The molecule has 0 saturated carbocycles. The fourth-order valence-electron chi connectivity index (χ4n) is 4.30. The zero-order valence-electron chi connectivity index (χ0n) is 22.0. The number of nitrogens with zero attached hydrogens (tertiary/aromatic N) is 3. The van der Waals surface area contributed by atoms with Gasteiger partial charge in [0.1, 0.15) is 0 Å². The van der Waals surface area contributed by atoms with E-state index in [1.54, 1.807) is 52.5 Å². The lowest BCUT2D eigenvalue weighted by molar-refractivity contribution is -0.118. The summed E-state index contributed by atoms with van der Waals surface area (Å²) >= 11 is 3.07. The quantitative estimate of drug-likeness (QED) is 0.215. The van der Waals surface area contributed by atoms with Gasteiger partial charge in [-0.15, -0.1) is 23.1 Å². The van der Waals surface area contributed by atoms with Crippen LogP contribution in [0.15, 0.2) is 89.8 Å². The van der Waals surface area contributed by atoms with Gasteiger partial charge < -0.3 is 15.2 Å². The summed E-state index contributed by atoms with van der Waals surface area (Å²) in [6.07, 6.45) is 2.11. The van der Waals surface area contributed by atoms with Gasteiger partial charge in [-0.1, -0.05) is 30.3 Å². The first-order chi connectivity index (χ1) is 19.3. The molecular formula is C30H27N5O3S2. The van der Waals surface area contributed by atoms with Crippen molar-refractivity contribution in [2.45, 2.75) is 17.9 Å². The van der Waals surface area contributed by atoms with Gasteiger partial charge in [0, 0.05) is 41.0 Å². The Labute approximate surface area is 239 Å². The van der Waals surface area contributed by atoms with E-state index < -0.39 is 5.91 Å². The molecule has 0 fully saturated rings. The molecule has 2 heterocycles. The number of rotatable bonds is 9. The number of thiophene rings is 1. The van der Waals surface area contributed by atoms with Gasteiger partial charge in [-0.05, 0) is 66.4 Å². The average Bonchev–Trinajstić information content (AvgIpc) is 3.60. The smallest absolute Gasteiger partial charge is 0.268 e. The summed E-state index contributed by atoms with van der Waals surface area (Å²) < 4.78 is 1.76. The second-order valence-corrected chi connectivity index (χ2v) is 11.0. The molecule has 3 amide bonds. The first kappa shape index (κ1) is 27.2. The Morgan fingerprint density at radius 3 is 2.45 bits per heavy atom. The van der Waals surface area contributed by atoms with E-state index in [2.05, 4.69) is 22.4 Å². The van der Waals surface area contributed by atoms with E-state index in [0.717, 1.165) is 10.4 Å². The molecule has 0 saturated heterocycles. The lowest BCUT2D eigenvalue weighted by atomic mass is 10.2. The van der Waals surface area contributed by atoms with E-state index in [4.69, 9.17) is 5.73 Å². The van der Waals surface area contributed by atoms with Crippen LogP contribution < -0.4 is 16.0 Å². The Bertz CT molecular complexity index is 1690. The van der Waals surface area contributed by atoms with Gasteiger partial charge >= 0.3 is 0 Å². The lowest BCUT2D eigenvalue weighted by Gasteiger charge is -2.17. The number of amides is 3. The predicted molar refractivity (Wildman–Crippen MR) is 162 cm³/mol. The highest BCUT2D eigenvalue weighted by Gasteiger charge is 2.19. The topological polar surface area (TPSA) is 110 Å². The van der Waals surface area contributed by atoms with Gasteiger partial charge in [0.05, 0.1) is 15.9 Å². The largest absolute Gasteiger partial charge is 0.370 e. The number of nitrogens with two attached hydrogens (primary N) is 1. The maximum Gasteiger partial charge on any atom is 0.268 e. The summed E-state index contributed by atoms with van der Waals surface area (Å²) in [7, 11) is 1.70. The standard InChI is InChI=1S/C30H27N5O3S2/c1-34(29(38)20-6-4-3-5-7-20)21-10-13-24-23(18-21)32-30(35(24)17-16-27(31)36)33-28(37)26-15-14-25(40-26)19-8-11-22(39-2)12-9-19/h3-15,18H,16-17H2,1-2H3,(H2,31,36)(H,32,33,37). The molecule has 3 aromatic carbocycles. The molecule has 2 aromatic heterocycles. The Kier molecular flexibility index (Phi) is 7.99. The molecule has 0 aliphatic heterocycles. The normalized spacial score (nSPS) is 10.9. The van der Waals surface area contributed by atoms with E-state index in [9.17, 15) is 14.4 Å². The third kappa shape index (κ3) is 5.78. The Balaban J connectivity index is 1.42. The minimum atomic E-state index is -0.459. The minimum Gasteiger partial charge on any atom is -0.370 e. The summed E-state index contributed by atoms with van der Waals surface area (Å²) in [5.74, 6) is -0.614. The molecule has 0 bridgehead atoms. The van der Waals surface area contributed by atoms with Crippen LogP contribution in [0.5, 0.6) is 0 Å². The van der Waals surface area contributed by atoms with Crippen molar-refractivity contribution < 1.29 is 14.4 Å². The number of aromatic nitrogens is 2. The van der Waals surface area contributed by atoms with E-state index >= 15 is 0 Å². The summed E-state index contributed by atoms with van der Waals surface area (Å²) in [5.41, 5.74) is 8.96. The number of aryl methyl sites for hydroxylation is 1. The second-order valence-electron chi connectivity index (χ2n) is 9.05. The van der Waals surface area contributed by atoms with Crippen molar-refractivity contribution in [2.24, 2.45) is 5.73 Å². The van der Waals surface area contributed by atoms with Gasteiger partial charge in [-0.3, -0.25) is 19.7 Å². The van der Waals surface area contributed by atoms with E-state index in [0.29, 0.717) is 33.1 Å². The number of hydrogen-bond acceptors (Lipinski definition) is 6. The third-order valence-corrected chi connectivity index (χ3v) is 8.33. The number of carbonyl (C=O) groups is 3. The second kappa shape index (κ2) is 11.8.